The van der Waals surface area contributed by atoms with Crippen LogP contribution in [0.2, 0.25) is 0 Å². The van der Waals surface area contributed by atoms with Gasteiger partial charge in [0.2, 0.25) is 11.8 Å². The highest BCUT2D eigenvalue weighted by Gasteiger charge is 2.35. The van der Waals surface area contributed by atoms with Gasteiger partial charge in [-0.25, -0.2) is 14.4 Å². The van der Waals surface area contributed by atoms with E-state index in [9.17, 15) is 28.8 Å². The number of nitrogens with one attached hydrogen (secondary N) is 5. The average molecular weight is 653 g/mol. The number of rotatable bonds is 21. The summed E-state index contributed by atoms with van der Waals surface area (Å²) in [5.74, 6) is -0.583. The molecule has 1 heterocycles. The molecular formula is C32H60N8O6. The summed E-state index contributed by atoms with van der Waals surface area (Å²) < 4.78 is 0. The van der Waals surface area contributed by atoms with Crippen molar-refractivity contribution in [3.05, 3.63) is 0 Å². The Morgan fingerprint density at radius 2 is 1.43 bits per heavy atom. The number of imide groups is 1. The van der Waals surface area contributed by atoms with Crippen LogP contribution in [0.25, 0.3) is 0 Å². The molecule has 14 heteroatoms. The molecule has 0 aromatic rings. The van der Waals surface area contributed by atoms with Crippen LogP contribution in [0.1, 0.15) is 98.8 Å². The minimum atomic E-state index is -0.717. The van der Waals surface area contributed by atoms with Crippen molar-refractivity contribution in [3.63, 3.8) is 0 Å². The predicted molar refractivity (Wildman–Crippen MR) is 178 cm³/mol. The molecule has 0 aromatic carbocycles. The number of aldehydes is 1. The summed E-state index contributed by atoms with van der Waals surface area (Å²) in [6.07, 6.45) is 9.06. The number of likely N-dealkylation sites (N-methyl/N-ethyl adjacent to an activating group) is 2. The lowest BCUT2D eigenvalue weighted by molar-refractivity contribution is -0.124. The van der Waals surface area contributed by atoms with Gasteiger partial charge in [0.05, 0.1) is 6.04 Å². The third kappa shape index (κ3) is 14.8. The number of carbonyl (C=O) groups excluding carboxylic acids is 6. The van der Waals surface area contributed by atoms with Crippen molar-refractivity contribution < 1.29 is 28.8 Å². The maximum atomic E-state index is 12.8. The lowest BCUT2D eigenvalue weighted by atomic mass is 10.1. The molecule has 2 unspecified atom stereocenters. The van der Waals surface area contributed by atoms with Gasteiger partial charge in [0.15, 0.2) is 0 Å². The van der Waals surface area contributed by atoms with Crippen LogP contribution >= 0.6 is 0 Å². The minimum absolute atomic E-state index is 0.0249. The van der Waals surface area contributed by atoms with Gasteiger partial charge in [-0.3, -0.25) is 14.9 Å². The molecular weight excluding hydrogens is 592 g/mol. The Labute approximate surface area is 275 Å². The monoisotopic (exact) mass is 652 g/mol. The Hall–Kier alpha value is -3.42. The first kappa shape index (κ1) is 40.6. The molecule has 0 bridgehead atoms. The van der Waals surface area contributed by atoms with Crippen molar-refractivity contribution in [1.82, 2.24) is 41.3 Å². The minimum Gasteiger partial charge on any atom is -0.345 e. The quantitative estimate of drug-likeness (QED) is 0.0937. The highest BCUT2D eigenvalue weighted by atomic mass is 16.2. The molecule has 5 N–H and O–H groups in total. The summed E-state index contributed by atoms with van der Waals surface area (Å²) in [7, 11) is 1.67. The van der Waals surface area contributed by atoms with Gasteiger partial charge in [-0.1, -0.05) is 32.6 Å². The van der Waals surface area contributed by atoms with Gasteiger partial charge >= 0.3 is 18.1 Å². The largest absolute Gasteiger partial charge is 0.345 e. The molecule has 264 valence electrons. The number of nitrogens with zero attached hydrogens (tertiary/aromatic N) is 3. The van der Waals surface area contributed by atoms with Crippen LogP contribution in [0.5, 0.6) is 0 Å². The fourth-order valence-corrected chi connectivity index (χ4v) is 5.43. The summed E-state index contributed by atoms with van der Waals surface area (Å²) in [6, 6.07) is -1.90. The van der Waals surface area contributed by atoms with Gasteiger partial charge in [0, 0.05) is 57.8 Å². The van der Waals surface area contributed by atoms with E-state index in [1.165, 1.54) is 4.90 Å². The van der Waals surface area contributed by atoms with Crippen LogP contribution in [0.15, 0.2) is 0 Å². The summed E-state index contributed by atoms with van der Waals surface area (Å²) in [5.41, 5.74) is 0. The Bertz CT molecular complexity index is 967. The first-order valence-corrected chi connectivity index (χ1v) is 17.1. The second kappa shape index (κ2) is 23.0. The molecule has 1 aliphatic rings. The van der Waals surface area contributed by atoms with E-state index in [0.29, 0.717) is 45.4 Å². The van der Waals surface area contributed by atoms with E-state index in [1.807, 2.05) is 20.8 Å². The van der Waals surface area contributed by atoms with Crippen LogP contribution < -0.4 is 26.6 Å². The molecule has 0 radical (unpaired) electrons. The number of unbranched alkanes of at least 4 members (excludes halogenated alkanes) is 5. The van der Waals surface area contributed by atoms with E-state index in [-0.39, 0.29) is 55.0 Å². The third-order valence-corrected chi connectivity index (χ3v) is 8.55. The topological polar surface area (TPSA) is 172 Å². The number of carbonyl (C=O) groups is 6. The SMILES string of the molecule is CCC(=O)N[C@H](C=O)CN(CC)C(=O)NCCCCCCCCNC(=O)N(CC)CC[C@H]1CCC(C)N1C(=O)NC(=O)C(C)NC. The number of hydrogen-bond donors (Lipinski definition) is 5. The Balaban J connectivity index is 2.25. The van der Waals surface area contributed by atoms with Crippen LogP contribution in [-0.4, -0.2) is 121 Å². The number of likely N-dealkylation sites (tertiary alicyclic amines) is 1. The van der Waals surface area contributed by atoms with E-state index < -0.39 is 12.1 Å². The molecule has 0 aliphatic carbocycles. The van der Waals surface area contributed by atoms with E-state index >= 15 is 0 Å². The van der Waals surface area contributed by atoms with Crippen molar-refractivity contribution in [2.45, 2.75) is 123 Å². The number of hydrogen-bond acceptors (Lipinski definition) is 7. The first-order chi connectivity index (χ1) is 22.0. The standard InChI is InChI=1S/C32H60N8O6/c1-7-28(42)36-26(23-41)22-39(9-3)31(45)35-20-15-13-11-10-12-14-19-34-30(44)38(8-2)21-18-27-17-16-24(4)40(27)32(46)37-29(43)25(5)33-6/h23-27,33H,7-22H2,1-6H3,(H,34,44)(H,35,45)(H,36,42)(H,37,43,46)/t24?,25?,26-,27+/m0/s1. The van der Waals surface area contributed by atoms with Gasteiger partial charge in [0.25, 0.3) is 0 Å². The molecule has 0 spiro atoms. The van der Waals surface area contributed by atoms with Crippen molar-refractivity contribution >= 4 is 36.2 Å². The lowest BCUT2D eigenvalue weighted by Gasteiger charge is -2.30. The fourth-order valence-electron chi connectivity index (χ4n) is 5.43. The molecule has 1 rings (SSSR count). The molecule has 14 nitrogen and oxygen atoms in total. The zero-order valence-electron chi connectivity index (χ0n) is 29.0. The van der Waals surface area contributed by atoms with Crippen molar-refractivity contribution in [2.75, 3.05) is 46.3 Å². The fraction of sp³-hybridized carbons (Fsp3) is 0.812. The van der Waals surface area contributed by atoms with E-state index in [4.69, 9.17) is 0 Å². The second-order valence-corrected chi connectivity index (χ2v) is 11.9. The molecule has 0 aromatic heterocycles. The van der Waals surface area contributed by atoms with Crippen LogP contribution in [-0.2, 0) is 14.4 Å². The van der Waals surface area contributed by atoms with E-state index in [0.717, 1.165) is 51.4 Å². The number of amides is 8. The van der Waals surface area contributed by atoms with Gasteiger partial charge in [-0.2, -0.15) is 0 Å². The summed E-state index contributed by atoms with van der Waals surface area (Å²) in [4.78, 5) is 78.1. The molecule has 46 heavy (non-hydrogen) atoms. The maximum Gasteiger partial charge on any atom is 0.324 e. The van der Waals surface area contributed by atoms with Gasteiger partial charge < -0.3 is 40.8 Å². The average Bonchev–Trinajstić information content (AvgIpc) is 3.42. The smallest absolute Gasteiger partial charge is 0.324 e. The maximum absolute atomic E-state index is 12.8. The normalized spacial score (nSPS) is 17.0. The molecule has 1 fully saturated rings. The predicted octanol–water partition coefficient (Wildman–Crippen LogP) is 2.57. The molecule has 0 saturated carbocycles. The van der Waals surface area contributed by atoms with Crippen molar-refractivity contribution in [3.8, 4) is 0 Å². The Morgan fingerprint density at radius 3 is 1.96 bits per heavy atom. The van der Waals surface area contributed by atoms with Gasteiger partial charge in [-0.15, -0.1) is 0 Å². The van der Waals surface area contributed by atoms with Crippen LogP contribution in [0.3, 0.4) is 0 Å². The van der Waals surface area contributed by atoms with Gasteiger partial charge in [0.1, 0.15) is 12.3 Å². The van der Waals surface area contributed by atoms with Gasteiger partial charge in [-0.05, 0) is 66.8 Å². The van der Waals surface area contributed by atoms with Crippen molar-refractivity contribution in [2.24, 2.45) is 0 Å². The summed E-state index contributed by atoms with van der Waals surface area (Å²) in [6.45, 7) is 12.0. The highest BCUT2D eigenvalue weighted by molar-refractivity contribution is 5.97. The molecule has 1 saturated heterocycles. The second-order valence-electron chi connectivity index (χ2n) is 11.9. The zero-order valence-corrected chi connectivity index (χ0v) is 29.0. The molecule has 8 amide bonds. The highest BCUT2D eigenvalue weighted by Crippen LogP contribution is 2.26. The van der Waals surface area contributed by atoms with E-state index in [1.54, 1.807) is 30.7 Å². The molecule has 1 aliphatic heterocycles. The Morgan fingerprint density at radius 1 is 0.870 bits per heavy atom. The van der Waals surface area contributed by atoms with Crippen LogP contribution in [0, 0.1) is 0 Å². The first-order valence-electron chi connectivity index (χ1n) is 17.1. The molecule has 4 atom stereocenters. The van der Waals surface area contributed by atoms with Crippen LogP contribution in [0.4, 0.5) is 14.4 Å². The van der Waals surface area contributed by atoms with E-state index in [2.05, 4.69) is 26.6 Å². The third-order valence-electron chi connectivity index (χ3n) is 8.55. The Kier molecular flexibility index (Phi) is 20.3. The summed E-state index contributed by atoms with van der Waals surface area (Å²) >= 11 is 0. The zero-order chi connectivity index (χ0) is 34.5. The number of urea groups is 3. The summed E-state index contributed by atoms with van der Waals surface area (Å²) in [5, 5.41) is 13.8. The van der Waals surface area contributed by atoms with Crippen molar-refractivity contribution in [1.29, 1.82) is 0 Å². The lowest BCUT2D eigenvalue weighted by Crippen LogP contribution is -2.52.